The quantitative estimate of drug-likeness (QED) is 0.447. The number of benzene rings is 3. The molecule has 37 heavy (non-hydrogen) atoms. The number of nitrogens with zero attached hydrogens (tertiary/aromatic N) is 1. The Labute approximate surface area is 221 Å². The minimum atomic E-state index is -3.91. The molecule has 1 saturated heterocycles. The molecule has 1 fully saturated rings. The Balaban J connectivity index is 1.49. The summed E-state index contributed by atoms with van der Waals surface area (Å²) in [7, 11) is -7.74. The van der Waals surface area contributed by atoms with Crippen LogP contribution in [0.3, 0.4) is 0 Å². The number of nitrogens with one attached hydrogen (secondary N) is 2. The van der Waals surface area contributed by atoms with E-state index in [4.69, 9.17) is 16.3 Å². The molecule has 1 aliphatic heterocycles. The van der Waals surface area contributed by atoms with E-state index in [1.165, 1.54) is 46.8 Å². The van der Waals surface area contributed by atoms with Gasteiger partial charge in [0.1, 0.15) is 4.90 Å². The van der Waals surface area contributed by atoms with E-state index in [1.807, 2.05) is 19.9 Å². The molecule has 2 N–H and O–H groups in total. The van der Waals surface area contributed by atoms with Crippen molar-refractivity contribution in [1.82, 2.24) is 4.31 Å². The summed E-state index contributed by atoms with van der Waals surface area (Å²) in [4.78, 5) is 12.7. The van der Waals surface area contributed by atoms with Gasteiger partial charge in [-0.2, -0.15) is 4.31 Å². The van der Waals surface area contributed by atoms with E-state index in [0.717, 1.165) is 11.1 Å². The molecule has 196 valence electrons. The van der Waals surface area contributed by atoms with E-state index in [1.54, 1.807) is 12.1 Å². The van der Waals surface area contributed by atoms with Gasteiger partial charge in [-0.3, -0.25) is 9.52 Å². The summed E-state index contributed by atoms with van der Waals surface area (Å²) in [5.41, 5.74) is 2.88. The molecule has 0 spiro atoms. The molecule has 12 heteroatoms. The summed E-state index contributed by atoms with van der Waals surface area (Å²) in [6.07, 6.45) is 0. The second-order valence-electron chi connectivity index (χ2n) is 8.54. The Kier molecular flexibility index (Phi) is 7.91. The molecule has 0 aliphatic carbocycles. The number of carbonyl (C=O) groups excluding carboxylic acids is 1. The lowest BCUT2D eigenvalue weighted by Crippen LogP contribution is -2.40. The monoisotopic (exact) mass is 563 g/mol. The highest BCUT2D eigenvalue weighted by Crippen LogP contribution is 2.27. The van der Waals surface area contributed by atoms with Gasteiger partial charge in [0, 0.05) is 30.0 Å². The number of sulfonamides is 2. The van der Waals surface area contributed by atoms with E-state index in [0.29, 0.717) is 11.4 Å². The van der Waals surface area contributed by atoms with Gasteiger partial charge < -0.3 is 10.1 Å². The van der Waals surface area contributed by atoms with Gasteiger partial charge >= 0.3 is 0 Å². The molecule has 9 nitrogen and oxygen atoms in total. The molecular weight excluding hydrogens is 538 g/mol. The number of anilines is 2. The summed E-state index contributed by atoms with van der Waals surface area (Å²) in [6, 6.07) is 14.9. The van der Waals surface area contributed by atoms with Gasteiger partial charge in [0.25, 0.3) is 15.9 Å². The Morgan fingerprint density at radius 2 is 1.51 bits per heavy atom. The van der Waals surface area contributed by atoms with Crippen LogP contribution < -0.4 is 10.0 Å². The highest BCUT2D eigenvalue weighted by atomic mass is 35.5. The fourth-order valence-electron chi connectivity index (χ4n) is 3.71. The van der Waals surface area contributed by atoms with Crippen molar-refractivity contribution < 1.29 is 26.4 Å². The number of hydrogen-bond donors (Lipinski definition) is 2. The lowest BCUT2D eigenvalue weighted by molar-refractivity contribution is 0.0730. The second kappa shape index (κ2) is 10.8. The second-order valence-corrected chi connectivity index (χ2v) is 12.5. The van der Waals surface area contributed by atoms with Gasteiger partial charge in [0.2, 0.25) is 10.0 Å². The minimum absolute atomic E-state index is 0.00821. The number of amides is 1. The number of ether oxygens (including phenoxy) is 1. The fourth-order valence-corrected chi connectivity index (χ4v) is 6.67. The summed E-state index contributed by atoms with van der Waals surface area (Å²) < 4.78 is 60.6. The predicted molar refractivity (Wildman–Crippen MR) is 142 cm³/mol. The van der Waals surface area contributed by atoms with Crippen LogP contribution in [0.25, 0.3) is 0 Å². The molecule has 4 rings (SSSR count). The first kappa shape index (κ1) is 27.1. The van der Waals surface area contributed by atoms with Crippen molar-refractivity contribution in [2.24, 2.45) is 0 Å². The van der Waals surface area contributed by atoms with Crippen molar-refractivity contribution in [3.05, 3.63) is 82.4 Å². The minimum Gasteiger partial charge on any atom is -0.379 e. The molecule has 0 saturated carbocycles. The van der Waals surface area contributed by atoms with Crippen LogP contribution in [0, 0.1) is 13.8 Å². The maximum absolute atomic E-state index is 13.0. The Morgan fingerprint density at radius 3 is 2.16 bits per heavy atom. The number of rotatable bonds is 7. The van der Waals surface area contributed by atoms with E-state index in [9.17, 15) is 21.6 Å². The third kappa shape index (κ3) is 6.13. The highest BCUT2D eigenvalue weighted by Gasteiger charge is 2.29. The molecule has 0 aromatic heterocycles. The van der Waals surface area contributed by atoms with Crippen molar-refractivity contribution in [1.29, 1.82) is 0 Å². The topological polar surface area (TPSA) is 122 Å². The first-order valence-corrected chi connectivity index (χ1v) is 14.7. The van der Waals surface area contributed by atoms with Gasteiger partial charge in [-0.25, -0.2) is 16.8 Å². The number of carbonyl (C=O) groups is 1. The lowest BCUT2D eigenvalue weighted by atomic mass is 10.1. The predicted octanol–water partition coefficient (Wildman–Crippen LogP) is 4.03. The van der Waals surface area contributed by atoms with Gasteiger partial charge in [-0.15, -0.1) is 0 Å². The highest BCUT2D eigenvalue weighted by molar-refractivity contribution is 7.92. The maximum atomic E-state index is 13.0. The molecule has 1 heterocycles. The smallest absolute Gasteiger partial charge is 0.261 e. The van der Waals surface area contributed by atoms with Gasteiger partial charge in [0.05, 0.1) is 23.1 Å². The Morgan fingerprint density at radius 1 is 0.865 bits per heavy atom. The molecule has 1 amide bonds. The summed E-state index contributed by atoms with van der Waals surface area (Å²) in [5, 5.41) is 2.66. The van der Waals surface area contributed by atoms with Crippen LogP contribution >= 0.6 is 11.6 Å². The van der Waals surface area contributed by atoms with Crippen LogP contribution in [0.2, 0.25) is 5.02 Å². The lowest BCUT2D eigenvalue weighted by Gasteiger charge is -2.26. The van der Waals surface area contributed by atoms with Gasteiger partial charge in [0.15, 0.2) is 0 Å². The largest absolute Gasteiger partial charge is 0.379 e. The zero-order valence-corrected chi connectivity index (χ0v) is 22.6. The van der Waals surface area contributed by atoms with E-state index in [2.05, 4.69) is 10.0 Å². The Hall–Kier alpha value is -2.96. The van der Waals surface area contributed by atoms with Crippen LogP contribution in [0.1, 0.15) is 21.5 Å². The zero-order valence-electron chi connectivity index (χ0n) is 20.2. The number of morpholine rings is 1. The molecule has 3 aromatic rings. The van der Waals surface area contributed by atoms with Crippen molar-refractivity contribution in [2.75, 3.05) is 36.3 Å². The SMILES string of the molecule is Cc1ccc(NS(=O)(=O)c2ccc(NC(=O)c3ccc(Cl)c(S(=O)(=O)N4CCOCC4)c3)cc2)cc1C. The van der Waals surface area contributed by atoms with Crippen LogP contribution in [0.5, 0.6) is 0 Å². The Bertz CT molecular complexity index is 1540. The molecule has 0 unspecified atom stereocenters. The van der Waals surface area contributed by atoms with Gasteiger partial charge in [-0.05, 0) is 79.6 Å². The number of hydrogen-bond acceptors (Lipinski definition) is 6. The van der Waals surface area contributed by atoms with E-state index in [-0.39, 0.29) is 46.7 Å². The van der Waals surface area contributed by atoms with E-state index < -0.39 is 26.0 Å². The number of halogens is 1. The van der Waals surface area contributed by atoms with Crippen LogP contribution in [-0.2, 0) is 24.8 Å². The third-order valence-corrected chi connectivity index (χ3v) is 9.74. The fraction of sp³-hybridized carbons (Fsp3) is 0.240. The molecule has 0 radical (unpaired) electrons. The normalized spacial score (nSPS) is 14.8. The van der Waals surface area contributed by atoms with E-state index >= 15 is 0 Å². The summed E-state index contributed by atoms with van der Waals surface area (Å²) >= 11 is 6.17. The molecular formula is C25H26ClN3O6S2. The van der Waals surface area contributed by atoms with Crippen molar-refractivity contribution in [3.63, 3.8) is 0 Å². The molecule has 1 aliphatic rings. The molecule has 3 aromatic carbocycles. The molecule has 0 bridgehead atoms. The van der Waals surface area contributed by atoms with Crippen LogP contribution in [0.15, 0.2) is 70.5 Å². The average Bonchev–Trinajstić information content (AvgIpc) is 2.87. The zero-order chi connectivity index (χ0) is 26.8. The third-order valence-electron chi connectivity index (χ3n) is 5.96. The van der Waals surface area contributed by atoms with Crippen molar-refractivity contribution in [3.8, 4) is 0 Å². The van der Waals surface area contributed by atoms with Crippen LogP contribution in [0.4, 0.5) is 11.4 Å². The van der Waals surface area contributed by atoms with Crippen molar-refractivity contribution >= 4 is 48.9 Å². The van der Waals surface area contributed by atoms with Crippen molar-refractivity contribution in [2.45, 2.75) is 23.6 Å². The average molecular weight is 564 g/mol. The van der Waals surface area contributed by atoms with Gasteiger partial charge in [-0.1, -0.05) is 17.7 Å². The maximum Gasteiger partial charge on any atom is 0.261 e. The first-order valence-electron chi connectivity index (χ1n) is 11.4. The number of aryl methyl sites for hydroxylation is 2. The standard InChI is InChI=1S/C25H26ClN3O6S2/c1-17-3-5-21(15-18(17)2)28-36(31,32)22-8-6-20(7-9-22)27-25(30)19-4-10-23(26)24(16-19)37(33,34)29-11-13-35-14-12-29/h3-10,15-16,28H,11-14H2,1-2H3,(H,27,30). The summed E-state index contributed by atoms with van der Waals surface area (Å²) in [5.74, 6) is -0.570. The van der Waals surface area contributed by atoms with Crippen LogP contribution in [-0.4, -0.2) is 53.4 Å². The summed E-state index contributed by atoms with van der Waals surface area (Å²) in [6.45, 7) is 4.79. The first-order chi connectivity index (χ1) is 17.5. The molecule has 0 atom stereocenters.